The number of nitrogens with one attached hydrogen (secondary N) is 2. The molecular weight excluding hydrogens is 386 g/mol. The topological polar surface area (TPSA) is 70.4 Å². The second-order valence-corrected chi connectivity index (χ2v) is 8.39. The molecule has 0 bridgehead atoms. The van der Waals surface area contributed by atoms with Gasteiger partial charge in [-0.3, -0.25) is 4.90 Å². The third-order valence-electron chi connectivity index (χ3n) is 6.15. The van der Waals surface area contributed by atoms with Crippen LogP contribution in [0.3, 0.4) is 0 Å². The maximum atomic E-state index is 4.86. The van der Waals surface area contributed by atoms with Gasteiger partial charge in [0.2, 0.25) is 0 Å². The first-order valence-corrected chi connectivity index (χ1v) is 11.9. The lowest BCUT2D eigenvalue weighted by Crippen LogP contribution is -2.39. The molecule has 7 heteroatoms. The molecule has 1 aliphatic carbocycles. The van der Waals surface area contributed by atoms with Crippen molar-refractivity contribution in [2.75, 3.05) is 20.1 Å². The SMILES string of the molecule is CCNC(=NCc1ccccc1CN(C)C1CCCCC1)NCCn1cnnc1CC. The third-order valence-corrected chi connectivity index (χ3v) is 6.15. The summed E-state index contributed by atoms with van der Waals surface area (Å²) < 4.78 is 2.09. The van der Waals surface area contributed by atoms with Gasteiger partial charge in [-0.25, -0.2) is 4.99 Å². The highest BCUT2D eigenvalue weighted by Gasteiger charge is 2.18. The van der Waals surface area contributed by atoms with Gasteiger partial charge in [-0.05, 0) is 37.9 Å². The molecule has 0 spiro atoms. The number of aromatic nitrogens is 3. The number of benzene rings is 1. The molecule has 2 aromatic rings. The van der Waals surface area contributed by atoms with Crippen molar-refractivity contribution in [2.24, 2.45) is 4.99 Å². The number of rotatable bonds is 10. The normalized spacial score (nSPS) is 15.4. The van der Waals surface area contributed by atoms with Crippen LogP contribution >= 0.6 is 0 Å². The highest BCUT2D eigenvalue weighted by molar-refractivity contribution is 5.79. The number of hydrogen-bond acceptors (Lipinski definition) is 4. The average Bonchev–Trinajstić information content (AvgIpc) is 3.26. The lowest BCUT2D eigenvalue weighted by molar-refractivity contribution is 0.184. The zero-order chi connectivity index (χ0) is 21.9. The molecule has 1 saturated carbocycles. The molecule has 0 radical (unpaired) electrons. The zero-order valence-electron chi connectivity index (χ0n) is 19.5. The van der Waals surface area contributed by atoms with Crippen molar-refractivity contribution in [2.45, 2.75) is 78.0 Å². The van der Waals surface area contributed by atoms with E-state index in [-0.39, 0.29) is 0 Å². The Morgan fingerprint density at radius 3 is 2.65 bits per heavy atom. The number of guanidine groups is 1. The molecule has 170 valence electrons. The smallest absolute Gasteiger partial charge is 0.191 e. The molecule has 0 amide bonds. The van der Waals surface area contributed by atoms with Gasteiger partial charge >= 0.3 is 0 Å². The van der Waals surface area contributed by atoms with Crippen molar-refractivity contribution in [3.63, 3.8) is 0 Å². The van der Waals surface area contributed by atoms with Crippen LogP contribution in [-0.2, 0) is 26.1 Å². The fourth-order valence-electron chi connectivity index (χ4n) is 4.33. The molecule has 0 unspecified atom stereocenters. The van der Waals surface area contributed by atoms with Gasteiger partial charge in [0.1, 0.15) is 12.2 Å². The molecule has 1 fully saturated rings. The average molecular weight is 426 g/mol. The summed E-state index contributed by atoms with van der Waals surface area (Å²) in [5.41, 5.74) is 2.68. The number of hydrogen-bond donors (Lipinski definition) is 2. The molecule has 7 nitrogen and oxygen atoms in total. The van der Waals surface area contributed by atoms with Gasteiger partial charge in [0.25, 0.3) is 0 Å². The first-order valence-electron chi connectivity index (χ1n) is 11.9. The molecular formula is C24H39N7. The third kappa shape index (κ3) is 7.06. The van der Waals surface area contributed by atoms with Gasteiger partial charge in [-0.2, -0.15) is 0 Å². The van der Waals surface area contributed by atoms with E-state index >= 15 is 0 Å². The van der Waals surface area contributed by atoms with E-state index in [1.165, 1.54) is 43.2 Å². The van der Waals surface area contributed by atoms with Gasteiger partial charge < -0.3 is 15.2 Å². The molecule has 1 heterocycles. The molecule has 0 saturated heterocycles. The Bertz CT molecular complexity index is 808. The fraction of sp³-hybridized carbons (Fsp3) is 0.625. The summed E-state index contributed by atoms with van der Waals surface area (Å²) in [6, 6.07) is 9.44. The van der Waals surface area contributed by atoms with Crippen molar-refractivity contribution in [1.29, 1.82) is 0 Å². The molecule has 3 rings (SSSR count). The summed E-state index contributed by atoms with van der Waals surface area (Å²) in [7, 11) is 2.27. The highest BCUT2D eigenvalue weighted by Crippen LogP contribution is 2.23. The fourth-order valence-corrected chi connectivity index (χ4v) is 4.33. The van der Waals surface area contributed by atoms with Crippen LogP contribution in [0.1, 0.15) is 62.9 Å². The molecule has 1 aliphatic rings. The molecule has 31 heavy (non-hydrogen) atoms. The standard InChI is InChI=1S/C24H39N7/c1-4-23-29-28-19-31(23)16-15-26-24(25-5-2)27-17-20-11-9-10-12-21(20)18-30(3)22-13-7-6-8-14-22/h9-12,19,22H,4-8,13-18H2,1-3H3,(H2,25,26,27). The maximum Gasteiger partial charge on any atom is 0.191 e. The van der Waals surface area contributed by atoms with Crippen molar-refractivity contribution in [3.8, 4) is 0 Å². The monoisotopic (exact) mass is 425 g/mol. The van der Waals surface area contributed by atoms with Gasteiger partial charge in [0, 0.05) is 38.6 Å². The predicted octanol–water partition coefficient (Wildman–Crippen LogP) is 3.36. The zero-order valence-corrected chi connectivity index (χ0v) is 19.5. The summed E-state index contributed by atoms with van der Waals surface area (Å²) in [6.45, 7) is 8.31. The number of aliphatic imine (C=N–C) groups is 1. The summed E-state index contributed by atoms with van der Waals surface area (Å²) in [4.78, 5) is 7.40. The predicted molar refractivity (Wildman–Crippen MR) is 127 cm³/mol. The first kappa shape index (κ1) is 23.3. The van der Waals surface area contributed by atoms with E-state index in [2.05, 4.69) is 75.5 Å². The Morgan fingerprint density at radius 2 is 1.90 bits per heavy atom. The van der Waals surface area contributed by atoms with Gasteiger partial charge in [-0.1, -0.05) is 50.5 Å². The number of nitrogens with zero attached hydrogens (tertiary/aromatic N) is 5. The Morgan fingerprint density at radius 1 is 1.13 bits per heavy atom. The van der Waals surface area contributed by atoms with E-state index in [4.69, 9.17) is 4.99 Å². The Balaban J connectivity index is 1.58. The van der Waals surface area contributed by atoms with Crippen molar-refractivity contribution >= 4 is 5.96 Å². The lowest BCUT2D eigenvalue weighted by Gasteiger charge is -2.31. The molecule has 1 aromatic carbocycles. The molecule has 1 aromatic heterocycles. The molecule has 0 aliphatic heterocycles. The minimum absolute atomic E-state index is 0.677. The van der Waals surface area contributed by atoms with Gasteiger partial charge in [-0.15, -0.1) is 10.2 Å². The van der Waals surface area contributed by atoms with Crippen LogP contribution in [0.15, 0.2) is 35.6 Å². The van der Waals surface area contributed by atoms with E-state index in [1.54, 1.807) is 6.33 Å². The summed E-state index contributed by atoms with van der Waals surface area (Å²) in [6.07, 6.45) is 9.48. The van der Waals surface area contributed by atoms with Gasteiger partial charge in [0.15, 0.2) is 5.96 Å². The summed E-state index contributed by atoms with van der Waals surface area (Å²) >= 11 is 0. The van der Waals surface area contributed by atoms with Crippen molar-refractivity contribution < 1.29 is 0 Å². The van der Waals surface area contributed by atoms with Crippen LogP contribution in [0, 0.1) is 0 Å². The first-order chi connectivity index (χ1) is 15.2. The van der Waals surface area contributed by atoms with E-state index in [0.29, 0.717) is 6.54 Å². The van der Waals surface area contributed by atoms with Crippen LogP contribution < -0.4 is 10.6 Å². The van der Waals surface area contributed by atoms with Crippen LogP contribution in [0.5, 0.6) is 0 Å². The number of aryl methyl sites for hydroxylation is 1. The van der Waals surface area contributed by atoms with E-state index < -0.39 is 0 Å². The Labute approximate surface area is 187 Å². The second kappa shape index (κ2) is 12.4. The van der Waals surface area contributed by atoms with Crippen LogP contribution in [-0.4, -0.2) is 51.8 Å². The summed E-state index contributed by atoms with van der Waals surface area (Å²) in [5, 5.41) is 15.0. The Hall–Kier alpha value is -2.41. The summed E-state index contributed by atoms with van der Waals surface area (Å²) in [5.74, 6) is 1.86. The van der Waals surface area contributed by atoms with Gasteiger partial charge in [0.05, 0.1) is 6.54 Å². The van der Waals surface area contributed by atoms with Crippen molar-refractivity contribution in [1.82, 2.24) is 30.3 Å². The van der Waals surface area contributed by atoms with Crippen LogP contribution in [0.2, 0.25) is 0 Å². The Kier molecular flexibility index (Phi) is 9.34. The minimum atomic E-state index is 0.677. The minimum Gasteiger partial charge on any atom is -0.357 e. The van der Waals surface area contributed by atoms with E-state index in [0.717, 1.165) is 50.4 Å². The van der Waals surface area contributed by atoms with Crippen LogP contribution in [0.25, 0.3) is 0 Å². The lowest BCUT2D eigenvalue weighted by atomic mass is 9.94. The highest BCUT2D eigenvalue weighted by atomic mass is 15.3. The largest absolute Gasteiger partial charge is 0.357 e. The van der Waals surface area contributed by atoms with Crippen molar-refractivity contribution in [3.05, 3.63) is 47.5 Å². The quantitative estimate of drug-likeness (QED) is 0.451. The molecule has 0 atom stereocenters. The second-order valence-electron chi connectivity index (χ2n) is 8.39. The van der Waals surface area contributed by atoms with Crippen LogP contribution in [0.4, 0.5) is 0 Å². The van der Waals surface area contributed by atoms with E-state index in [9.17, 15) is 0 Å². The van der Waals surface area contributed by atoms with E-state index in [1.807, 2.05) is 0 Å². The molecule has 2 N–H and O–H groups in total. The maximum absolute atomic E-state index is 4.86.